The molecule has 10 heteroatoms. The molecule has 0 unspecified atom stereocenters. The number of hydrogen-bond donors (Lipinski definition) is 3. The van der Waals surface area contributed by atoms with Crippen LogP contribution in [-0.4, -0.2) is 30.6 Å². The average molecular weight is 347 g/mol. The van der Waals surface area contributed by atoms with Crippen molar-refractivity contribution in [1.82, 2.24) is 24.7 Å². The summed E-state index contributed by atoms with van der Waals surface area (Å²) < 4.78 is 0.899. The van der Waals surface area contributed by atoms with Crippen molar-refractivity contribution >= 4 is 23.5 Å². The third-order valence-electron chi connectivity index (χ3n) is 3.24. The molecule has 0 fully saturated rings. The van der Waals surface area contributed by atoms with Crippen molar-refractivity contribution in [3.05, 3.63) is 73.8 Å². The summed E-state index contributed by atoms with van der Waals surface area (Å²) in [5.74, 6) is -0.635. The van der Waals surface area contributed by atoms with E-state index in [-0.39, 0.29) is 18.1 Å². The third-order valence-corrected chi connectivity index (χ3v) is 3.61. The van der Waals surface area contributed by atoms with Crippen LogP contribution in [0.25, 0.3) is 0 Å². The molecule has 0 radical (unpaired) electrons. The number of anilines is 1. The molecular formula is C14H11ClN6O3. The lowest BCUT2D eigenvalue weighted by molar-refractivity contribution is 0.102. The highest BCUT2D eigenvalue weighted by Gasteiger charge is 2.16. The predicted octanol–water partition coefficient (Wildman–Crippen LogP) is 0.609. The van der Waals surface area contributed by atoms with Crippen molar-refractivity contribution in [3.8, 4) is 0 Å². The molecule has 0 saturated carbocycles. The number of H-pyrrole nitrogens is 2. The summed E-state index contributed by atoms with van der Waals surface area (Å²) in [5, 5.41) is 8.81. The largest absolute Gasteiger partial charge is 0.328 e. The number of rotatable bonds is 4. The Morgan fingerprint density at radius 3 is 2.79 bits per heavy atom. The maximum absolute atomic E-state index is 12.5. The van der Waals surface area contributed by atoms with Crippen molar-refractivity contribution in [2.45, 2.75) is 6.54 Å². The standard InChI is InChI=1S/C14H11ClN6O3/c15-10-4-2-1-3-8(10)6-21-12(23)9(5-16-14(21)24)11(22)19-13-17-7-18-20-13/h1-5,7H,6H2,(H,16,24)(H2,17,18,19,20,22). The first-order chi connectivity index (χ1) is 11.6. The van der Waals surface area contributed by atoms with Gasteiger partial charge >= 0.3 is 5.69 Å². The van der Waals surface area contributed by atoms with Crippen molar-refractivity contribution in [2.75, 3.05) is 5.32 Å². The van der Waals surface area contributed by atoms with E-state index in [4.69, 9.17) is 11.6 Å². The minimum atomic E-state index is -0.740. The second-order valence-electron chi connectivity index (χ2n) is 4.78. The van der Waals surface area contributed by atoms with Crippen molar-refractivity contribution in [1.29, 1.82) is 0 Å². The molecule has 2 heterocycles. The molecule has 0 aliphatic heterocycles. The van der Waals surface area contributed by atoms with E-state index in [0.717, 1.165) is 10.8 Å². The minimum Gasteiger partial charge on any atom is -0.313 e. The number of amides is 1. The second-order valence-corrected chi connectivity index (χ2v) is 5.19. The van der Waals surface area contributed by atoms with E-state index in [1.54, 1.807) is 24.3 Å². The first kappa shape index (κ1) is 15.7. The first-order valence-corrected chi connectivity index (χ1v) is 7.16. The Morgan fingerprint density at radius 2 is 2.08 bits per heavy atom. The normalized spacial score (nSPS) is 10.5. The Hall–Kier alpha value is -3.20. The van der Waals surface area contributed by atoms with E-state index in [1.807, 2.05) is 0 Å². The lowest BCUT2D eigenvalue weighted by atomic mass is 10.2. The minimum absolute atomic E-state index is 0.0583. The van der Waals surface area contributed by atoms with Gasteiger partial charge in [0.25, 0.3) is 11.5 Å². The van der Waals surface area contributed by atoms with Crippen LogP contribution in [0.5, 0.6) is 0 Å². The van der Waals surface area contributed by atoms with Crippen LogP contribution < -0.4 is 16.6 Å². The highest BCUT2D eigenvalue weighted by Crippen LogP contribution is 2.14. The van der Waals surface area contributed by atoms with Crippen LogP contribution in [0.4, 0.5) is 5.95 Å². The molecule has 2 aromatic heterocycles. The van der Waals surface area contributed by atoms with Crippen LogP contribution in [0, 0.1) is 0 Å². The van der Waals surface area contributed by atoms with E-state index in [0.29, 0.717) is 10.6 Å². The van der Waals surface area contributed by atoms with Gasteiger partial charge in [-0.2, -0.15) is 10.1 Å². The SMILES string of the molecule is O=C(Nc1ncn[nH]1)c1c[nH]c(=O)n(Cc2ccccc2Cl)c1=O. The van der Waals surface area contributed by atoms with E-state index in [9.17, 15) is 14.4 Å². The van der Waals surface area contributed by atoms with Crippen molar-refractivity contribution < 1.29 is 4.79 Å². The van der Waals surface area contributed by atoms with Crippen LogP contribution in [0.15, 0.2) is 46.4 Å². The molecule has 0 atom stereocenters. The Morgan fingerprint density at radius 1 is 1.29 bits per heavy atom. The lowest BCUT2D eigenvalue weighted by Crippen LogP contribution is -2.39. The van der Waals surface area contributed by atoms with Crippen LogP contribution in [0.1, 0.15) is 15.9 Å². The Labute approximate surface area is 139 Å². The number of halogens is 1. The maximum atomic E-state index is 12.5. The topological polar surface area (TPSA) is 126 Å². The molecule has 3 rings (SSSR count). The van der Waals surface area contributed by atoms with Gasteiger partial charge in [0, 0.05) is 11.2 Å². The van der Waals surface area contributed by atoms with Gasteiger partial charge in [-0.1, -0.05) is 29.8 Å². The molecular weight excluding hydrogens is 336 g/mol. The Balaban J connectivity index is 1.96. The molecule has 0 aliphatic carbocycles. The highest BCUT2D eigenvalue weighted by atomic mass is 35.5. The molecule has 0 bridgehead atoms. The molecule has 1 amide bonds. The molecule has 3 aromatic rings. The van der Waals surface area contributed by atoms with Gasteiger partial charge in [-0.15, -0.1) is 0 Å². The molecule has 1 aromatic carbocycles. The number of benzene rings is 1. The molecule has 9 nitrogen and oxygen atoms in total. The third kappa shape index (κ3) is 3.10. The van der Waals surface area contributed by atoms with Crippen LogP contribution in [0.2, 0.25) is 5.02 Å². The van der Waals surface area contributed by atoms with Gasteiger partial charge in [0.05, 0.1) is 6.54 Å². The summed E-state index contributed by atoms with van der Waals surface area (Å²) in [6, 6.07) is 6.81. The van der Waals surface area contributed by atoms with Gasteiger partial charge < -0.3 is 4.98 Å². The summed E-state index contributed by atoms with van der Waals surface area (Å²) in [5.41, 5.74) is -1.04. The number of hydrogen-bond acceptors (Lipinski definition) is 5. The number of carbonyl (C=O) groups excluding carboxylic acids is 1. The number of nitrogens with one attached hydrogen (secondary N) is 3. The molecule has 3 N–H and O–H groups in total. The van der Waals surface area contributed by atoms with Gasteiger partial charge in [0.1, 0.15) is 11.9 Å². The van der Waals surface area contributed by atoms with E-state index in [2.05, 4.69) is 25.5 Å². The molecule has 0 spiro atoms. The summed E-state index contributed by atoms with van der Waals surface area (Å²) in [4.78, 5) is 42.7. The van der Waals surface area contributed by atoms with Gasteiger partial charge in [0.15, 0.2) is 0 Å². The van der Waals surface area contributed by atoms with Crippen LogP contribution >= 0.6 is 11.6 Å². The van der Waals surface area contributed by atoms with E-state index < -0.39 is 17.2 Å². The summed E-state index contributed by atoms with van der Waals surface area (Å²) >= 11 is 6.05. The van der Waals surface area contributed by atoms with Gasteiger partial charge in [0.2, 0.25) is 5.95 Å². The molecule has 122 valence electrons. The van der Waals surface area contributed by atoms with Gasteiger partial charge in [-0.3, -0.25) is 19.5 Å². The maximum Gasteiger partial charge on any atom is 0.328 e. The average Bonchev–Trinajstić information content (AvgIpc) is 3.06. The van der Waals surface area contributed by atoms with Gasteiger partial charge in [-0.05, 0) is 11.6 Å². The van der Waals surface area contributed by atoms with E-state index in [1.165, 1.54) is 6.33 Å². The predicted molar refractivity (Wildman–Crippen MR) is 86.2 cm³/mol. The number of aromatic nitrogens is 5. The zero-order valence-electron chi connectivity index (χ0n) is 12.1. The highest BCUT2D eigenvalue weighted by molar-refractivity contribution is 6.31. The smallest absolute Gasteiger partial charge is 0.313 e. The summed E-state index contributed by atoms with van der Waals surface area (Å²) in [6.07, 6.45) is 2.26. The molecule has 0 aliphatic rings. The second kappa shape index (κ2) is 6.50. The zero-order valence-corrected chi connectivity index (χ0v) is 12.9. The lowest BCUT2D eigenvalue weighted by Gasteiger charge is -2.08. The fraction of sp³-hybridized carbons (Fsp3) is 0.0714. The van der Waals surface area contributed by atoms with Crippen molar-refractivity contribution in [2.24, 2.45) is 0 Å². The fourth-order valence-electron chi connectivity index (χ4n) is 2.06. The van der Waals surface area contributed by atoms with Crippen LogP contribution in [-0.2, 0) is 6.54 Å². The molecule has 24 heavy (non-hydrogen) atoms. The number of nitrogens with zero attached hydrogens (tertiary/aromatic N) is 3. The molecule has 0 saturated heterocycles. The number of carbonyl (C=O) groups is 1. The first-order valence-electron chi connectivity index (χ1n) is 6.79. The Kier molecular flexibility index (Phi) is 4.25. The Bertz CT molecular complexity index is 992. The van der Waals surface area contributed by atoms with E-state index >= 15 is 0 Å². The monoisotopic (exact) mass is 346 g/mol. The zero-order chi connectivity index (χ0) is 17.1. The summed E-state index contributed by atoms with van der Waals surface area (Å²) in [6.45, 7) is -0.0583. The number of aromatic amines is 2. The van der Waals surface area contributed by atoms with Gasteiger partial charge in [-0.25, -0.2) is 9.89 Å². The van der Waals surface area contributed by atoms with Crippen LogP contribution in [0.3, 0.4) is 0 Å². The fourth-order valence-corrected chi connectivity index (χ4v) is 2.25. The van der Waals surface area contributed by atoms with Crippen molar-refractivity contribution in [3.63, 3.8) is 0 Å². The summed E-state index contributed by atoms with van der Waals surface area (Å²) in [7, 11) is 0. The quantitative estimate of drug-likeness (QED) is 0.638.